The number of hydrogen-bond acceptors (Lipinski definition) is 7. The number of aliphatic hydroxyl groups excluding tert-OH is 4. The number of phenolic OH excluding ortho intramolecular Hbond substituents is 1. The fourth-order valence-corrected chi connectivity index (χ4v) is 4.07. The molecule has 2 heterocycles. The van der Waals surface area contributed by atoms with Crippen LogP contribution in [0.1, 0.15) is 35.6 Å². The molecule has 0 bridgehead atoms. The fourth-order valence-electron chi connectivity index (χ4n) is 4.07. The largest absolute Gasteiger partial charge is 0.507 e. The average molecular weight is 368 g/mol. The molecule has 1 aromatic rings. The fraction of sp³-hybridized carbons (Fsp3) is 0.684. The summed E-state index contributed by atoms with van der Waals surface area (Å²) in [5, 5.41) is 50.3. The van der Waals surface area contributed by atoms with Crippen LogP contribution in [0.5, 0.6) is 11.5 Å². The van der Waals surface area contributed by atoms with Crippen LogP contribution in [0.2, 0.25) is 0 Å². The van der Waals surface area contributed by atoms with E-state index in [1.807, 2.05) is 20.8 Å². The molecule has 1 aromatic carbocycles. The topological polar surface area (TPSA) is 120 Å². The summed E-state index contributed by atoms with van der Waals surface area (Å²) in [4.78, 5) is 0. The quantitative estimate of drug-likeness (QED) is 0.507. The Labute approximate surface area is 152 Å². The maximum Gasteiger partial charge on any atom is 0.135 e. The molecule has 0 aromatic heterocycles. The van der Waals surface area contributed by atoms with Crippen molar-refractivity contribution in [2.45, 2.75) is 76.7 Å². The van der Waals surface area contributed by atoms with E-state index in [2.05, 4.69) is 0 Å². The van der Waals surface area contributed by atoms with Gasteiger partial charge in [-0.05, 0) is 57.2 Å². The first-order chi connectivity index (χ1) is 12.1. The summed E-state index contributed by atoms with van der Waals surface area (Å²) < 4.78 is 12.0. The van der Waals surface area contributed by atoms with Crippen LogP contribution in [0, 0.1) is 20.8 Å². The number of ether oxygens (including phenoxy) is 2. The van der Waals surface area contributed by atoms with Crippen LogP contribution in [0.4, 0.5) is 0 Å². The molecule has 146 valence electrons. The van der Waals surface area contributed by atoms with Crippen molar-refractivity contribution in [3.05, 3.63) is 22.3 Å². The third-order valence-corrected chi connectivity index (χ3v) is 6.04. The molecule has 7 heteroatoms. The lowest BCUT2D eigenvalue weighted by Gasteiger charge is -2.49. The maximum atomic E-state index is 10.5. The summed E-state index contributed by atoms with van der Waals surface area (Å²) in [5.74, 6) is 0.921. The lowest BCUT2D eigenvalue weighted by atomic mass is 9.79. The van der Waals surface area contributed by atoms with Gasteiger partial charge in [0.1, 0.15) is 47.6 Å². The van der Waals surface area contributed by atoms with Crippen LogP contribution in [-0.2, 0) is 11.2 Å². The number of rotatable bonds is 2. The van der Waals surface area contributed by atoms with E-state index in [0.29, 0.717) is 18.6 Å². The van der Waals surface area contributed by atoms with Gasteiger partial charge in [0.2, 0.25) is 0 Å². The molecular weight excluding hydrogens is 340 g/mol. The molecule has 0 spiro atoms. The molecule has 0 saturated carbocycles. The van der Waals surface area contributed by atoms with Gasteiger partial charge >= 0.3 is 0 Å². The smallest absolute Gasteiger partial charge is 0.135 e. The molecule has 1 unspecified atom stereocenters. The number of aromatic hydroxyl groups is 1. The standard InChI is InChI=1S/C19H28O7/c1-8-9(2)17-11(10(3)13(8)21)5-6-19(4,26-17)18-16(24)15(23)14(22)12(7-20)25-18/h12,14-16,18,20-24H,5-7H2,1-4H3/t12-,14-,15+,16-,18-,19?/m1/s1. The van der Waals surface area contributed by atoms with Crippen LogP contribution < -0.4 is 4.74 Å². The molecule has 0 radical (unpaired) electrons. The zero-order valence-electron chi connectivity index (χ0n) is 15.6. The number of hydrogen-bond donors (Lipinski definition) is 5. The van der Waals surface area contributed by atoms with Crippen molar-refractivity contribution >= 4 is 0 Å². The lowest BCUT2D eigenvalue weighted by molar-refractivity contribution is -0.264. The lowest BCUT2D eigenvalue weighted by Crippen LogP contribution is -2.66. The van der Waals surface area contributed by atoms with E-state index in [1.165, 1.54) is 0 Å². The van der Waals surface area contributed by atoms with Crippen LogP contribution >= 0.6 is 0 Å². The molecule has 6 atom stereocenters. The molecule has 1 fully saturated rings. The number of benzene rings is 1. The van der Waals surface area contributed by atoms with E-state index in [9.17, 15) is 25.5 Å². The van der Waals surface area contributed by atoms with Gasteiger partial charge in [0, 0.05) is 5.56 Å². The Morgan fingerprint density at radius 1 is 1.00 bits per heavy atom. The normalized spacial score (nSPS) is 37.2. The summed E-state index contributed by atoms with van der Waals surface area (Å²) in [5.41, 5.74) is 2.30. The molecule has 7 nitrogen and oxygen atoms in total. The van der Waals surface area contributed by atoms with Gasteiger partial charge in [-0.25, -0.2) is 0 Å². The molecule has 5 N–H and O–H groups in total. The van der Waals surface area contributed by atoms with E-state index in [-0.39, 0.29) is 5.75 Å². The van der Waals surface area contributed by atoms with E-state index >= 15 is 0 Å². The molecule has 26 heavy (non-hydrogen) atoms. The van der Waals surface area contributed by atoms with Gasteiger partial charge in [-0.3, -0.25) is 0 Å². The van der Waals surface area contributed by atoms with Crippen molar-refractivity contribution in [2.24, 2.45) is 0 Å². The predicted octanol–water partition coefficient (Wildman–Crippen LogP) is 0.244. The Hall–Kier alpha value is -1.38. The van der Waals surface area contributed by atoms with Gasteiger partial charge in [-0.1, -0.05) is 0 Å². The van der Waals surface area contributed by atoms with Gasteiger partial charge < -0.3 is 35.0 Å². The molecule has 1 saturated heterocycles. The molecule has 0 aliphatic carbocycles. The van der Waals surface area contributed by atoms with Crippen LogP contribution in [0.25, 0.3) is 0 Å². The Balaban J connectivity index is 1.98. The summed E-state index contributed by atoms with van der Waals surface area (Å²) >= 11 is 0. The van der Waals surface area contributed by atoms with Crippen LogP contribution in [0.3, 0.4) is 0 Å². The molecule has 3 rings (SSSR count). The molecule has 0 amide bonds. The van der Waals surface area contributed by atoms with Crippen LogP contribution in [-0.4, -0.2) is 68.3 Å². The molecule has 2 aliphatic heterocycles. The van der Waals surface area contributed by atoms with Crippen molar-refractivity contribution in [3.8, 4) is 11.5 Å². The third kappa shape index (κ3) is 2.78. The Morgan fingerprint density at radius 3 is 2.27 bits per heavy atom. The SMILES string of the molecule is Cc1c(C)c2c(c(C)c1O)CCC(C)([C@@H]1O[C@H](CO)[C@@H](O)[C@H](O)[C@H]1O)O2. The van der Waals surface area contributed by atoms with E-state index < -0.39 is 42.7 Å². The van der Waals surface area contributed by atoms with Crippen molar-refractivity contribution < 1.29 is 35.0 Å². The second-order valence-corrected chi connectivity index (χ2v) is 7.70. The maximum absolute atomic E-state index is 10.5. The zero-order valence-corrected chi connectivity index (χ0v) is 15.6. The van der Waals surface area contributed by atoms with E-state index in [1.54, 1.807) is 6.92 Å². The number of phenols is 1. The molecule has 2 aliphatic rings. The highest BCUT2D eigenvalue weighted by Gasteiger charge is 2.53. The minimum absolute atomic E-state index is 0.265. The van der Waals surface area contributed by atoms with E-state index in [4.69, 9.17) is 9.47 Å². The van der Waals surface area contributed by atoms with Gasteiger partial charge in [0.15, 0.2) is 0 Å². The van der Waals surface area contributed by atoms with Crippen LogP contribution in [0.15, 0.2) is 0 Å². The first-order valence-electron chi connectivity index (χ1n) is 8.93. The van der Waals surface area contributed by atoms with Crippen molar-refractivity contribution in [2.75, 3.05) is 6.61 Å². The summed E-state index contributed by atoms with van der Waals surface area (Å²) in [7, 11) is 0. The number of aliphatic hydroxyl groups is 4. The summed E-state index contributed by atoms with van der Waals surface area (Å²) in [6.45, 7) is 6.85. The Kier molecular flexibility index (Phi) is 4.96. The second-order valence-electron chi connectivity index (χ2n) is 7.70. The number of fused-ring (bicyclic) bond motifs is 1. The van der Waals surface area contributed by atoms with Gasteiger partial charge in [0.05, 0.1) is 6.61 Å². The zero-order chi connectivity index (χ0) is 19.4. The van der Waals surface area contributed by atoms with Gasteiger partial charge in [0.25, 0.3) is 0 Å². The van der Waals surface area contributed by atoms with Gasteiger partial charge in [-0.2, -0.15) is 0 Å². The minimum atomic E-state index is -1.43. The van der Waals surface area contributed by atoms with Crippen molar-refractivity contribution in [1.29, 1.82) is 0 Å². The first kappa shape index (κ1) is 19.4. The Morgan fingerprint density at radius 2 is 1.65 bits per heavy atom. The van der Waals surface area contributed by atoms with E-state index in [0.717, 1.165) is 22.3 Å². The van der Waals surface area contributed by atoms with Gasteiger partial charge in [-0.15, -0.1) is 0 Å². The summed E-state index contributed by atoms with van der Waals surface area (Å²) in [6.07, 6.45) is -4.96. The highest BCUT2D eigenvalue weighted by atomic mass is 16.6. The first-order valence-corrected chi connectivity index (χ1v) is 8.93. The average Bonchev–Trinajstić information content (AvgIpc) is 2.62. The predicted molar refractivity (Wildman–Crippen MR) is 93.4 cm³/mol. The van der Waals surface area contributed by atoms with Crippen molar-refractivity contribution in [1.82, 2.24) is 0 Å². The third-order valence-electron chi connectivity index (χ3n) is 6.04. The highest BCUT2D eigenvalue weighted by Crippen LogP contribution is 2.45. The Bertz CT molecular complexity index is 702. The monoisotopic (exact) mass is 368 g/mol. The second kappa shape index (κ2) is 6.65. The van der Waals surface area contributed by atoms with Crippen molar-refractivity contribution in [3.63, 3.8) is 0 Å². The summed E-state index contributed by atoms with van der Waals surface area (Å²) in [6, 6.07) is 0. The molecular formula is C19H28O7. The minimum Gasteiger partial charge on any atom is -0.507 e. The highest BCUT2D eigenvalue weighted by molar-refractivity contribution is 5.58.